The highest BCUT2D eigenvalue weighted by Crippen LogP contribution is 2.30. The lowest BCUT2D eigenvalue weighted by atomic mass is 10.2. The Hall–Kier alpha value is -0.880. The van der Waals surface area contributed by atoms with Gasteiger partial charge in [0.05, 0.1) is 16.9 Å². The summed E-state index contributed by atoms with van der Waals surface area (Å²) in [7, 11) is 0. The molecule has 0 saturated carbocycles. The fraction of sp³-hybridized carbons (Fsp3) is 0.417. The number of rotatable bonds is 4. The zero-order valence-corrected chi connectivity index (χ0v) is 11.7. The number of hydrogen-bond acceptors (Lipinski definition) is 2. The summed E-state index contributed by atoms with van der Waals surface area (Å²) in [4.78, 5) is 4.39. The molecule has 0 aliphatic carbocycles. The summed E-state index contributed by atoms with van der Waals surface area (Å²) < 4.78 is 38.2. The average molecular weight is 309 g/mol. The van der Waals surface area contributed by atoms with Crippen LogP contribution in [0.5, 0.6) is 0 Å². The molecule has 0 unspecified atom stereocenters. The molecule has 0 aliphatic rings. The van der Waals surface area contributed by atoms with Gasteiger partial charge in [-0.2, -0.15) is 13.2 Å². The monoisotopic (exact) mass is 308 g/mol. The standard InChI is InChI=1S/C12H12ClF3N2S/c1-8-3-2-4-9-11(8)17-10(7-13)18(9)5-6-19-12(14,15)16/h2-4H,5-7H2,1H3. The summed E-state index contributed by atoms with van der Waals surface area (Å²) in [5.41, 5.74) is -1.58. The molecular weight excluding hydrogens is 297 g/mol. The molecule has 0 saturated heterocycles. The van der Waals surface area contributed by atoms with Crippen molar-refractivity contribution in [2.24, 2.45) is 0 Å². The maximum Gasteiger partial charge on any atom is 0.441 e. The molecule has 0 atom stereocenters. The molecule has 0 spiro atoms. The number of imidazole rings is 1. The lowest BCUT2D eigenvalue weighted by Crippen LogP contribution is -2.08. The van der Waals surface area contributed by atoms with Crippen LogP contribution in [0.15, 0.2) is 18.2 Å². The minimum atomic E-state index is -4.20. The summed E-state index contributed by atoms with van der Waals surface area (Å²) >= 11 is 5.78. The number of fused-ring (bicyclic) bond motifs is 1. The van der Waals surface area contributed by atoms with Gasteiger partial charge >= 0.3 is 5.51 Å². The van der Waals surface area contributed by atoms with Crippen molar-refractivity contribution in [3.8, 4) is 0 Å². The zero-order chi connectivity index (χ0) is 14.0. The van der Waals surface area contributed by atoms with Gasteiger partial charge in [0.2, 0.25) is 0 Å². The van der Waals surface area contributed by atoms with Crippen molar-refractivity contribution < 1.29 is 13.2 Å². The van der Waals surface area contributed by atoms with Crippen LogP contribution >= 0.6 is 23.4 Å². The molecule has 0 amide bonds. The van der Waals surface area contributed by atoms with Gasteiger partial charge in [-0.15, -0.1) is 11.6 Å². The summed E-state index contributed by atoms with van der Waals surface area (Å²) in [6.07, 6.45) is 0. The van der Waals surface area contributed by atoms with Gasteiger partial charge in [-0.25, -0.2) is 4.98 Å². The quantitative estimate of drug-likeness (QED) is 0.782. The van der Waals surface area contributed by atoms with Gasteiger partial charge in [-0.1, -0.05) is 12.1 Å². The number of alkyl halides is 4. The SMILES string of the molecule is Cc1cccc2c1nc(CCl)n2CCSC(F)(F)F. The summed E-state index contributed by atoms with van der Waals surface area (Å²) in [5, 5.41) is 0. The number of para-hydroxylation sites is 1. The Bertz CT molecular complexity index is 580. The van der Waals surface area contributed by atoms with Crippen LogP contribution in [0, 0.1) is 6.92 Å². The summed E-state index contributed by atoms with van der Waals surface area (Å²) in [6, 6.07) is 5.64. The van der Waals surface area contributed by atoms with Gasteiger partial charge in [0.1, 0.15) is 5.82 Å². The van der Waals surface area contributed by atoms with Crippen LogP contribution in [-0.2, 0) is 12.4 Å². The van der Waals surface area contributed by atoms with Gasteiger partial charge in [0, 0.05) is 12.3 Å². The molecule has 1 heterocycles. The predicted octanol–water partition coefficient (Wildman–Crippen LogP) is 4.34. The van der Waals surface area contributed by atoms with Gasteiger partial charge in [-0.3, -0.25) is 0 Å². The van der Waals surface area contributed by atoms with E-state index >= 15 is 0 Å². The van der Waals surface area contributed by atoms with E-state index < -0.39 is 5.51 Å². The molecule has 0 fully saturated rings. The number of aryl methyl sites for hydroxylation is 2. The van der Waals surface area contributed by atoms with Gasteiger partial charge in [0.15, 0.2) is 0 Å². The summed E-state index contributed by atoms with van der Waals surface area (Å²) in [5.74, 6) is 0.742. The highest BCUT2D eigenvalue weighted by molar-refractivity contribution is 8.00. The predicted molar refractivity (Wildman–Crippen MR) is 72.5 cm³/mol. The molecule has 1 aromatic carbocycles. The highest BCUT2D eigenvalue weighted by atomic mass is 35.5. The maximum absolute atomic E-state index is 12.2. The molecule has 2 nitrogen and oxygen atoms in total. The van der Waals surface area contributed by atoms with Crippen LogP contribution in [0.25, 0.3) is 11.0 Å². The number of halogens is 4. The first-order chi connectivity index (χ1) is 8.92. The fourth-order valence-electron chi connectivity index (χ4n) is 1.94. The molecule has 0 radical (unpaired) electrons. The Morgan fingerprint density at radius 1 is 1.37 bits per heavy atom. The first kappa shape index (κ1) is 14.5. The van der Waals surface area contributed by atoms with Crippen LogP contribution in [0.2, 0.25) is 0 Å². The van der Waals surface area contributed by atoms with E-state index in [0.29, 0.717) is 5.82 Å². The van der Waals surface area contributed by atoms with E-state index in [1.165, 1.54) is 0 Å². The van der Waals surface area contributed by atoms with E-state index in [4.69, 9.17) is 11.6 Å². The van der Waals surface area contributed by atoms with Crippen LogP contribution < -0.4 is 0 Å². The van der Waals surface area contributed by atoms with Crippen LogP contribution in [0.4, 0.5) is 13.2 Å². The third-order valence-corrected chi connectivity index (χ3v) is 3.71. The molecule has 2 aromatic rings. The normalized spacial score (nSPS) is 12.3. The number of nitrogens with zero attached hydrogens (tertiary/aromatic N) is 2. The number of aromatic nitrogens is 2. The van der Waals surface area contributed by atoms with E-state index in [-0.39, 0.29) is 29.9 Å². The van der Waals surface area contributed by atoms with E-state index in [1.807, 2.05) is 25.1 Å². The second kappa shape index (κ2) is 5.63. The average Bonchev–Trinajstić information content (AvgIpc) is 2.68. The first-order valence-corrected chi connectivity index (χ1v) is 7.16. The second-order valence-electron chi connectivity index (χ2n) is 4.05. The van der Waals surface area contributed by atoms with Crippen molar-refractivity contribution in [2.45, 2.75) is 24.9 Å². The largest absolute Gasteiger partial charge is 0.441 e. The van der Waals surface area contributed by atoms with Crippen molar-refractivity contribution in [1.82, 2.24) is 9.55 Å². The van der Waals surface area contributed by atoms with Gasteiger partial charge < -0.3 is 4.57 Å². The van der Waals surface area contributed by atoms with Gasteiger partial charge in [-0.05, 0) is 30.3 Å². The number of benzene rings is 1. The van der Waals surface area contributed by atoms with Crippen LogP contribution in [0.3, 0.4) is 0 Å². The molecule has 19 heavy (non-hydrogen) atoms. The third kappa shape index (κ3) is 3.36. The van der Waals surface area contributed by atoms with E-state index in [2.05, 4.69) is 4.98 Å². The number of thioether (sulfide) groups is 1. The molecule has 0 N–H and O–H groups in total. The van der Waals surface area contributed by atoms with E-state index in [1.54, 1.807) is 4.57 Å². The van der Waals surface area contributed by atoms with E-state index in [0.717, 1.165) is 16.6 Å². The highest BCUT2D eigenvalue weighted by Gasteiger charge is 2.27. The van der Waals surface area contributed by atoms with Crippen molar-refractivity contribution in [1.29, 1.82) is 0 Å². The van der Waals surface area contributed by atoms with Crippen LogP contribution in [0.1, 0.15) is 11.4 Å². The third-order valence-electron chi connectivity index (χ3n) is 2.76. The minimum absolute atomic E-state index is 0.0279. The molecule has 1 aromatic heterocycles. The molecule has 0 bridgehead atoms. The van der Waals surface area contributed by atoms with Gasteiger partial charge in [0.25, 0.3) is 0 Å². The Labute approximate surface area is 117 Å². The Morgan fingerprint density at radius 3 is 2.74 bits per heavy atom. The number of hydrogen-bond donors (Lipinski definition) is 0. The molecule has 2 rings (SSSR count). The topological polar surface area (TPSA) is 17.8 Å². The Morgan fingerprint density at radius 2 is 2.11 bits per heavy atom. The molecular formula is C12H12ClF3N2S. The van der Waals surface area contributed by atoms with Crippen molar-refractivity contribution in [3.63, 3.8) is 0 Å². The summed E-state index contributed by atoms with van der Waals surface area (Å²) in [6.45, 7) is 2.16. The minimum Gasteiger partial charge on any atom is -0.326 e. The van der Waals surface area contributed by atoms with Crippen molar-refractivity contribution >= 4 is 34.4 Å². The Balaban J connectivity index is 2.28. The second-order valence-corrected chi connectivity index (χ2v) is 5.48. The maximum atomic E-state index is 12.2. The van der Waals surface area contributed by atoms with Crippen molar-refractivity contribution in [3.05, 3.63) is 29.6 Å². The molecule has 7 heteroatoms. The molecule has 104 valence electrons. The lowest BCUT2D eigenvalue weighted by Gasteiger charge is -2.09. The van der Waals surface area contributed by atoms with E-state index in [9.17, 15) is 13.2 Å². The molecule has 0 aliphatic heterocycles. The fourth-order valence-corrected chi connectivity index (χ4v) is 2.65. The lowest BCUT2D eigenvalue weighted by molar-refractivity contribution is -0.0328. The van der Waals surface area contributed by atoms with Crippen LogP contribution in [-0.4, -0.2) is 20.8 Å². The first-order valence-electron chi connectivity index (χ1n) is 5.64. The zero-order valence-electron chi connectivity index (χ0n) is 10.2. The van der Waals surface area contributed by atoms with Crippen molar-refractivity contribution in [2.75, 3.05) is 5.75 Å². The Kier molecular flexibility index (Phi) is 4.30. The smallest absolute Gasteiger partial charge is 0.326 e.